The molecule has 8 heteroatoms. The van der Waals surface area contributed by atoms with Gasteiger partial charge in [0, 0.05) is 6.42 Å². The van der Waals surface area contributed by atoms with Crippen molar-refractivity contribution < 1.29 is 25.5 Å². The van der Waals surface area contributed by atoms with Crippen molar-refractivity contribution in [2.45, 2.75) is 6.42 Å². The second-order valence-electron chi connectivity index (χ2n) is 3.17. The molecule has 0 spiro atoms. The molecular weight excluding hydrogens is 268 g/mol. The molecule has 6 nitrogen and oxygen atoms in total. The van der Waals surface area contributed by atoms with Crippen LogP contribution < -0.4 is 4.18 Å². The van der Waals surface area contributed by atoms with Crippen molar-refractivity contribution in [2.24, 2.45) is 0 Å². The standard InChI is InChI=1S/C9H12O6S2/c1-17(12,13)14-7-6-8-4-2-3-5-9(8)15-16(10)11/h2-5H,6-7H2,1H3,(H,10,11)/p-1. The number of para-hydroxylation sites is 1. The highest BCUT2D eigenvalue weighted by Gasteiger charge is 2.06. The van der Waals surface area contributed by atoms with Gasteiger partial charge in [-0.3, -0.25) is 4.18 Å². The fourth-order valence-corrected chi connectivity index (χ4v) is 1.86. The Morgan fingerprint density at radius 2 is 2.00 bits per heavy atom. The molecule has 96 valence electrons. The van der Waals surface area contributed by atoms with E-state index in [-0.39, 0.29) is 18.8 Å². The third-order valence-corrected chi connectivity index (χ3v) is 2.71. The van der Waals surface area contributed by atoms with Crippen molar-refractivity contribution in [3.05, 3.63) is 29.8 Å². The van der Waals surface area contributed by atoms with Gasteiger partial charge in [0.1, 0.15) is 17.1 Å². The van der Waals surface area contributed by atoms with Crippen LogP contribution in [0.3, 0.4) is 0 Å². The van der Waals surface area contributed by atoms with E-state index in [0.717, 1.165) is 6.26 Å². The molecule has 0 amide bonds. The van der Waals surface area contributed by atoms with Gasteiger partial charge in [-0.05, 0) is 11.6 Å². The van der Waals surface area contributed by atoms with Gasteiger partial charge in [0.15, 0.2) is 0 Å². The molecule has 17 heavy (non-hydrogen) atoms. The van der Waals surface area contributed by atoms with E-state index in [4.69, 9.17) is 0 Å². The zero-order chi connectivity index (χ0) is 12.9. The lowest BCUT2D eigenvalue weighted by atomic mass is 10.1. The largest absolute Gasteiger partial charge is 0.740 e. The first-order valence-corrected chi connectivity index (χ1v) is 7.40. The molecule has 0 N–H and O–H groups in total. The summed E-state index contributed by atoms with van der Waals surface area (Å²) < 4.78 is 51.4. The molecule has 0 heterocycles. The molecule has 0 aliphatic rings. The Morgan fingerprint density at radius 3 is 2.59 bits per heavy atom. The Balaban J connectivity index is 2.67. The lowest BCUT2D eigenvalue weighted by Gasteiger charge is -2.11. The molecule has 0 radical (unpaired) electrons. The molecule has 1 unspecified atom stereocenters. The summed E-state index contributed by atoms with van der Waals surface area (Å²) in [7, 11) is -3.49. The average molecular weight is 279 g/mol. The van der Waals surface area contributed by atoms with Gasteiger partial charge in [-0.25, -0.2) is 4.21 Å². The van der Waals surface area contributed by atoms with Crippen LogP contribution in [0.1, 0.15) is 5.56 Å². The third-order valence-electron chi connectivity index (χ3n) is 1.80. The molecule has 0 aliphatic heterocycles. The highest BCUT2D eigenvalue weighted by atomic mass is 32.2. The number of hydrogen-bond donors (Lipinski definition) is 0. The lowest BCUT2D eigenvalue weighted by Crippen LogP contribution is -2.07. The Kier molecular flexibility index (Phi) is 5.06. The Bertz CT molecular complexity index is 496. The van der Waals surface area contributed by atoms with Crippen molar-refractivity contribution in [3.63, 3.8) is 0 Å². The van der Waals surface area contributed by atoms with Crippen LogP contribution in [0.15, 0.2) is 24.3 Å². The zero-order valence-electron chi connectivity index (χ0n) is 8.99. The summed E-state index contributed by atoms with van der Waals surface area (Å²) in [6.07, 6.45) is 1.18. The van der Waals surface area contributed by atoms with Crippen LogP contribution in [0.5, 0.6) is 5.75 Å². The molecule has 1 atom stereocenters. The van der Waals surface area contributed by atoms with Crippen molar-refractivity contribution in [1.82, 2.24) is 0 Å². The monoisotopic (exact) mass is 279 g/mol. The van der Waals surface area contributed by atoms with Gasteiger partial charge >= 0.3 is 0 Å². The van der Waals surface area contributed by atoms with Gasteiger partial charge in [-0.15, -0.1) is 0 Å². The molecule has 0 aliphatic carbocycles. The molecule has 0 saturated carbocycles. The van der Waals surface area contributed by atoms with E-state index in [1.165, 1.54) is 6.07 Å². The van der Waals surface area contributed by atoms with Gasteiger partial charge in [0.25, 0.3) is 10.1 Å². The number of hydrogen-bond acceptors (Lipinski definition) is 6. The maximum atomic E-state index is 10.7. The Labute approximate surface area is 102 Å². The first-order chi connectivity index (χ1) is 7.88. The van der Waals surface area contributed by atoms with Crippen molar-refractivity contribution in [1.29, 1.82) is 0 Å². The first-order valence-electron chi connectivity index (χ1n) is 4.58. The highest BCUT2D eigenvalue weighted by Crippen LogP contribution is 2.19. The van der Waals surface area contributed by atoms with Crippen LogP contribution in [-0.2, 0) is 32.1 Å². The lowest BCUT2D eigenvalue weighted by molar-refractivity contribution is 0.324. The number of benzene rings is 1. The van der Waals surface area contributed by atoms with Gasteiger partial charge in [-0.1, -0.05) is 18.2 Å². The molecule has 1 rings (SSSR count). The molecule has 0 fully saturated rings. The smallest absolute Gasteiger partial charge is 0.264 e. The summed E-state index contributed by atoms with van der Waals surface area (Å²) in [5.41, 5.74) is 0.556. The number of rotatable bonds is 6. The molecule has 0 aromatic heterocycles. The summed E-state index contributed by atoms with van der Waals surface area (Å²) in [4.78, 5) is 0. The fourth-order valence-electron chi connectivity index (χ4n) is 1.17. The SMILES string of the molecule is CS(=O)(=O)OCCc1ccccc1OS(=O)[O-]. The second-order valence-corrected chi connectivity index (χ2v) is 5.39. The maximum Gasteiger partial charge on any atom is 0.264 e. The van der Waals surface area contributed by atoms with E-state index in [1.54, 1.807) is 18.2 Å². The summed E-state index contributed by atoms with van der Waals surface area (Å²) in [5, 5.41) is 0. The van der Waals surface area contributed by atoms with Crippen LogP contribution in [0.2, 0.25) is 0 Å². The van der Waals surface area contributed by atoms with Crippen molar-refractivity contribution >= 4 is 21.5 Å². The van der Waals surface area contributed by atoms with Crippen LogP contribution >= 0.6 is 0 Å². The van der Waals surface area contributed by atoms with E-state index in [1.807, 2.05) is 0 Å². The molecule has 1 aromatic carbocycles. The molecular formula is C9H11O6S2-. The van der Waals surface area contributed by atoms with Crippen LogP contribution in [-0.4, -0.2) is 30.0 Å². The first kappa shape index (κ1) is 14.1. The van der Waals surface area contributed by atoms with Crippen molar-refractivity contribution in [3.8, 4) is 5.75 Å². The third kappa shape index (κ3) is 5.78. The van der Waals surface area contributed by atoms with Gasteiger partial charge in [0.05, 0.1) is 12.9 Å². The predicted octanol–water partition coefficient (Wildman–Crippen LogP) is 0.378. The quantitative estimate of drug-likeness (QED) is 0.552. The van der Waals surface area contributed by atoms with E-state index in [0.29, 0.717) is 5.56 Å². The minimum atomic E-state index is -3.49. The second kappa shape index (κ2) is 6.10. The van der Waals surface area contributed by atoms with E-state index >= 15 is 0 Å². The van der Waals surface area contributed by atoms with E-state index in [2.05, 4.69) is 8.37 Å². The van der Waals surface area contributed by atoms with E-state index < -0.39 is 21.5 Å². The molecule has 0 saturated heterocycles. The van der Waals surface area contributed by atoms with Gasteiger partial charge in [-0.2, -0.15) is 8.42 Å². The normalized spacial score (nSPS) is 13.3. The highest BCUT2D eigenvalue weighted by molar-refractivity contribution is 7.85. The topological polar surface area (TPSA) is 92.7 Å². The summed E-state index contributed by atoms with van der Waals surface area (Å²) in [6, 6.07) is 6.42. The van der Waals surface area contributed by atoms with Gasteiger partial charge in [0.2, 0.25) is 0 Å². The van der Waals surface area contributed by atoms with Crippen LogP contribution in [0.25, 0.3) is 0 Å². The van der Waals surface area contributed by atoms with Crippen molar-refractivity contribution in [2.75, 3.05) is 12.9 Å². The molecule has 0 bridgehead atoms. The van der Waals surface area contributed by atoms with Crippen LogP contribution in [0.4, 0.5) is 0 Å². The maximum absolute atomic E-state index is 10.7. The zero-order valence-corrected chi connectivity index (χ0v) is 10.6. The summed E-state index contributed by atoms with van der Waals surface area (Å²) in [6.45, 7) is -0.0648. The van der Waals surface area contributed by atoms with Gasteiger partial charge < -0.3 is 8.74 Å². The predicted molar refractivity (Wildman–Crippen MR) is 60.5 cm³/mol. The molecule has 1 aromatic rings. The summed E-state index contributed by atoms with van der Waals surface area (Å²) >= 11 is -2.66. The summed E-state index contributed by atoms with van der Waals surface area (Å²) in [5.74, 6) is 0.165. The minimum Gasteiger partial charge on any atom is -0.740 e. The fraction of sp³-hybridized carbons (Fsp3) is 0.333. The average Bonchev–Trinajstić information content (AvgIpc) is 2.18. The van der Waals surface area contributed by atoms with E-state index in [9.17, 15) is 17.2 Å². The Hall–Kier alpha value is -0.960. The Morgan fingerprint density at radius 1 is 1.35 bits per heavy atom. The minimum absolute atomic E-state index is 0.0648. The van der Waals surface area contributed by atoms with Crippen LogP contribution in [0, 0.1) is 0 Å².